The third-order valence-corrected chi connectivity index (χ3v) is 2.24. The summed E-state index contributed by atoms with van der Waals surface area (Å²) >= 11 is 0. The molecule has 0 aromatic rings. The van der Waals surface area contributed by atoms with Gasteiger partial charge in [0.1, 0.15) is 0 Å². The molecule has 1 rings (SSSR count). The largest absolute Gasteiger partial charge is 0.233 e. The van der Waals surface area contributed by atoms with Gasteiger partial charge in [-0.05, 0) is 38.5 Å². The predicted molar refractivity (Wildman–Crippen MR) is 49.2 cm³/mol. The zero-order valence-electron chi connectivity index (χ0n) is 7.65. The highest BCUT2D eigenvalue weighted by atomic mass is 19.1. The van der Waals surface area contributed by atoms with Crippen molar-refractivity contribution in [3.8, 4) is 11.8 Å². The second kappa shape index (κ2) is 5.19. The minimum absolute atomic E-state index is 0.458. The molecule has 0 aromatic heterocycles. The van der Waals surface area contributed by atoms with Crippen molar-refractivity contribution in [3.05, 3.63) is 6.42 Å². The van der Waals surface area contributed by atoms with Crippen molar-refractivity contribution in [1.82, 2.24) is 0 Å². The summed E-state index contributed by atoms with van der Waals surface area (Å²) in [6, 6.07) is 0. The first-order valence-corrected chi connectivity index (χ1v) is 4.79. The van der Waals surface area contributed by atoms with E-state index in [-0.39, 0.29) is 0 Å². The lowest BCUT2D eigenvalue weighted by Crippen LogP contribution is -2.04. The van der Waals surface area contributed by atoms with Crippen LogP contribution in [0.2, 0.25) is 0 Å². The monoisotopic (exact) mass is 167 g/mol. The first kappa shape index (κ1) is 9.58. The molecule has 0 heterocycles. The number of alkyl halides is 1. The Morgan fingerprint density at radius 1 is 1.50 bits per heavy atom. The van der Waals surface area contributed by atoms with Crippen molar-refractivity contribution in [1.29, 1.82) is 0 Å². The van der Waals surface area contributed by atoms with Gasteiger partial charge in [-0.2, -0.15) is 0 Å². The van der Waals surface area contributed by atoms with Gasteiger partial charge in [0.15, 0.2) is 6.17 Å². The molecule has 1 aliphatic carbocycles. The van der Waals surface area contributed by atoms with E-state index in [1.807, 2.05) is 6.92 Å². The van der Waals surface area contributed by atoms with Crippen LogP contribution in [0.25, 0.3) is 0 Å². The van der Waals surface area contributed by atoms with Crippen LogP contribution < -0.4 is 0 Å². The van der Waals surface area contributed by atoms with E-state index in [9.17, 15) is 4.39 Å². The quantitative estimate of drug-likeness (QED) is 0.526. The minimum atomic E-state index is -0.907. The van der Waals surface area contributed by atoms with E-state index in [2.05, 4.69) is 18.3 Å². The van der Waals surface area contributed by atoms with Gasteiger partial charge in [-0.3, -0.25) is 0 Å². The van der Waals surface area contributed by atoms with Crippen LogP contribution in [0.5, 0.6) is 0 Å². The SMILES string of the molecule is CCC(F)C#CC1CC[CH]CC1. The van der Waals surface area contributed by atoms with Gasteiger partial charge < -0.3 is 0 Å². The van der Waals surface area contributed by atoms with E-state index in [1.165, 1.54) is 0 Å². The smallest absolute Gasteiger partial charge is 0.160 e. The van der Waals surface area contributed by atoms with Gasteiger partial charge in [-0.1, -0.05) is 18.8 Å². The first-order chi connectivity index (χ1) is 5.83. The normalized spacial score (nSPS) is 21.2. The maximum Gasteiger partial charge on any atom is 0.160 e. The van der Waals surface area contributed by atoms with Gasteiger partial charge in [0.25, 0.3) is 0 Å². The number of rotatable bonds is 1. The summed E-state index contributed by atoms with van der Waals surface area (Å²) in [7, 11) is 0. The van der Waals surface area contributed by atoms with Crippen molar-refractivity contribution < 1.29 is 4.39 Å². The Hall–Kier alpha value is -0.510. The van der Waals surface area contributed by atoms with Gasteiger partial charge in [0.2, 0.25) is 0 Å². The van der Waals surface area contributed by atoms with Crippen molar-refractivity contribution >= 4 is 0 Å². The minimum Gasteiger partial charge on any atom is -0.233 e. The van der Waals surface area contributed by atoms with E-state index in [0.717, 1.165) is 25.7 Å². The molecule has 0 aromatic carbocycles. The molecule has 67 valence electrons. The molecule has 1 heteroatoms. The Kier molecular flexibility index (Phi) is 4.14. The van der Waals surface area contributed by atoms with Crippen LogP contribution in [-0.2, 0) is 0 Å². The van der Waals surface area contributed by atoms with Crippen molar-refractivity contribution in [2.45, 2.75) is 45.2 Å². The maximum absolute atomic E-state index is 12.7. The van der Waals surface area contributed by atoms with Crippen LogP contribution in [0.4, 0.5) is 4.39 Å². The fourth-order valence-corrected chi connectivity index (χ4v) is 1.38. The molecular formula is C11H16F. The molecular weight excluding hydrogens is 151 g/mol. The Morgan fingerprint density at radius 3 is 2.75 bits per heavy atom. The Labute approximate surface area is 74.5 Å². The van der Waals surface area contributed by atoms with Crippen LogP contribution in [0.15, 0.2) is 0 Å². The average Bonchev–Trinajstić information content (AvgIpc) is 2.16. The van der Waals surface area contributed by atoms with Gasteiger partial charge in [-0.25, -0.2) is 4.39 Å². The molecule has 1 saturated carbocycles. The summed E-state index contributed by atoms with van der Waals surface area (Å²) in [6.07, 6.45) is 6.48. The lowest BCUT2D eigenvalue weighted by molar-refractivity contribution is 0.401. The van der Waals surface area contributed by atoms with Gasteiger partial charge in [0, 0.05) is 5.92 Å². The zero-order chi connectivity index (χ0) is 8.81. The van der Waals surface area contributed by atoms with Crippen LogP contribution in [0.3, 0.4) is 0 Å². The number of halogens is 1. The third-order valence-electron chi connectivity index (χ3n) is 2.24. The zero-order valence-corrected chi connectivity index (χ0v) is 7.65. The first-order valence-electron chi connectivity index (χ1n) is 4.79. The molecule has 0 bridgehead atoms. The standard InChI is InChI=1S/C11H16F/c1-2-11(12)9-8-10-6-4-3-5-7-10/h3,10-11H,2,4-7H2,1H3. The highest BCUT2D eigenvalue weighted by molar-refractivity contribution is 5.09. The summed E-state index contributed by atoms with van der Waals surface area (Å²) in [5, 5.41) is 0. The molecule has 0 saturated heterocycles. The summed E-state index contributed by atoms with van der Waals surface area (Å²) in [4.78, 5) is 0. The molecule has 0 nitrogen and oxygen atoms in total. The van der Waals surface area contributed by atoms with Gasteiger partial charge >= 0.3 is 0 Å². The summed E-state index contributed by atoms with van der Waals surface area (Å²) in [5.41, 5.74) is 0. The molecule has 1 unspecified atom stereocenters. The highest BCUT2D eigenvalue weighted by Crippen LogP contribution is 2.21. The van der Waals surface area contributed by atoms with Gasteiger partial charge in [-0.15, -0.1) is 0 Å². The average molecular weight is 167 g/mol. The third kappa shape index (κ3) is 3.26. The number of hydrogen-bond donors (Lipinski definition) is 0. The molecule has 0 amide bonds. The summed E-state index contributed by atoms with van der Waals surface area (Å²) < 4.78 is 12.7. The van der Waals surface area contributed by atoms with E-state index < -0.39 is 6.17 Å². The predicted octanol–water partition coefficient (Wildman–Crippen LogP) is 3.13. The van der Waals surface area contributed by atoms with E-state index in [1.54, 1.807) is 0 Å². The molecule has 0 N–H and O–H groups in total. The van der Waals surface area contributed by atoms with Crippen molar-refractivity contribution in [2.24, 2.45) is 5.92 Å². The van der Waals surface area contributed by atoms with E-state index in [0.29, 0.717) is 12.3 Å². The lowest BCUT2D eigenvalue weighted by atomic mass is 9.90. The summed E-state index contributed by atoms with van der Waals surface area (Å²) in [5.74, 6) is 6.16. The van der Waals surface area contributed by atoms with E-state index in [4.69, 9.17) is 0 Å². The van der Waals surface area contributed by atoms with Crippen LogP contribution in [0.1, 0.15) is 39.0 Å². The second-order valence-corrected chi connectivity index (χ2v) is 3.30. The second-order valence-electron chi connectivity index (χ2n) is 3.30. The molecule has 1 fully saturated rings. The molecule has 0 spiro atoms. The molecule has 1 atom stereocenters. The van der Waals surface area contributed by atoms with Crippen molar-refractivity contribution in [2.75, 3.05) is 0 Å². The van der Waals surface area contributed by atoms with Crippen LogP contribution in [-0.4, -0.2) is 6.17 Å². The Balaban J connectivity index is 2.30. The van der Waals surface area contributed by atoms with Gasteiger partial charge in [0.05, 0.1) is 0 Å². The maximum atomic E-state index is 12.7. The van der Waals surface area contributed by atoms with Crippen molar-refractivity contribution in [3.63, 3.8) is 0 Å². The fourth-order valence-electron chi connectivity index (χ4n) is 1.38. The summed E-state index contributed by atoms with van der Waals surface area (Å²) in [6.45, 7) is 1.83. The molecule has 12 heavy (non-hydrogen) atoms. The molecule has 1 aliphatic rings. The van der Waals surface area contributed by atoms with E-state index >= 15 is 0 Å². The lowest BCUT2D eigenvalue weighted by Gasteiger charge is -2.15. The van der Waals surface area contributed by atoms with Crippen LogP contribution >= 0.6 is 0 Å². The topological polar surface area (TPSA) is 0 Å². The van der Waals surface area contributed by atoms with Crippen LogP contribution in [0, 0.1) is 24.2 Å². The molecule has 0 aliphatic heterocycles. The fraction of sp³-hybridized carbons (Fsp3) is 0.727. The highest BCUT2D eigenvalue weighted by Gasteiger charge is 2.10. The molecule has 1 radical (unpaired) electrons. The Morgan fingerprint density at radius 2 is 2.17 bits per heavy atom. The Bertz CT molecular complexity index is 169. The number of hydrogen-bond acceptors (Lipinski definition) is 0.